The van der Waals surface area contributed by atoms with Gasteiger partial charge in [0.15, 0.2) is 0 Å². The first kappa shape index (κ1) is 18.7. The molecule has 2 N–H and O–H groups in total. The number of carbonyl (C=O) groups is 2. The summed E-state index contributed by atoms with van der Waals surface area (Å²) in [5.41, 5.74) is 1.16. The number of hydrogen-bond acceptors (Lipinski definition) is 4. The molecule has 1 heterocycles. The summed E-state index contributed by atoms with van der Waals surface area (Å²) in [6.07, 6.45) is 4.97. The van der Waals surface area contributed by atoms with Crippen molar-refractivity contribution < 1.29 is 19.8 Å². The molecular weight excluding hydrogens is 296 g/mol. The predicted molar refractivity (Wildman–Crippen MR) is 85.0 cm³/mol. The molecule has 1 aromatic rings. The van der Waals surface area contributed by atoms with Crippen LogP contribution >= 0.6 is 0 Å². The number of nitrogens with zero attached hydrogens (tertiary/aromatic N) is 2. The SMILES string of the molecule is N#CC(CCN1CCCCC1)c1ccccc1.O=C(O)C(=O)O. The number of rotatable bonds is 4. The van der Waals surface area contributed by atoms with Crippen LogP contribution in [0.15, 0.2) is 30.3 Å². The maximum absolute atomic E-state index is 9.24. The molecule has 1 aromatic carbocycles. The van der Waals surface area contributed by atoms with Crippen molar-refractivity contribution in [2.24, 2.45) is 0 Å². The van der Waals surface area contributed by atoms with E-state index in [0.29, 0.717) is 0 Å². The Morgan fingerprint density at radius 2 is 1.65 bits per heavy atom. The second kappa shape index (κ2) is 10.4. The highest BCUT2D eigenvalue weighted by molar-refractivity contribution is 6.27. The van der Waals surface area contributed by atoms with Crippen molar-refractivity contribution in [3.63, 3.8) is 0 Å². The molecule has 0 bridgehead atoms. The van der Waals surface area contributed by atoms with Crippen LogP contribution in [0.25, 0.3) is 0 Å². The standard InChI is InChI=1S/C15H20N2.C2H2O4/c16-13-15(14-7-3-1-4-8-14)9-12-17-10-5-2-6-11-17;3-1(4)2(5)6/h1,3-4,7-8,15H,2,5-6,9-12H2;(H,3,4)(H,5,6). The van der Waals surface area contributed by atoms with Gasteiger partial charge in [0.25, 0.3) is 0 Å². The van der Waals surface area contributed by atoms with Crippen LogP contribution in [0.5, 0.6) is 0 Å². The van der Waals surface area contributed by atoms with Crippen LogP contribution in [0.4, 0.5) is 0 Å². The average Bonchev–Trinajstić information content (AvgIpc) is 2.58. The lowest BCUT2D eigenvalue weighted by atomic mass is 9.97. The van der Waals surface area contributed by atoms with Gasteiger partial charge in [0.05, 0.1) is 12.0 Å². The van der Waals surface area contributed by atoms with E-state index >= 15 is 0 Å². The molecule has 0 radical (unpaired) electrons. The van der Waals surface area contributed by atoms with Crippen LogP contribution in [0.2, 0.25) is 0 Å². The smallest absolute Gasteiger partial charge is 0.414 e. The number of hydrogen-bond donors (Lipinski definition) is 2. The second-order valence-electron chi connectivity index (χ2n) is 5.39. The second-order valence-corrected chi connectivity index (χ2v) is 5.39. The highest BCUT2D eigenvalue weighted by Crippen LogP contribution is 2.20. The van der Waals surface area contributed by atoms with Crippen molar-refractivity contribution in [1.82, 2.24) is 4.90 Å². The first-order valence-electron chi connectivity index (χ1n) is 7.67. The van der Waals surface area contributed by atoms with Crippen molar-refractivity contribution in [1.29, 1.82) is 5.26 Å². The lowest BCUT2D eigenvalue weighted by Crippen LogP contribution is -2.31. The van der Waals surface area contributed by atoms with Gasteiger partial charge in [-0.25, -0.2) is 9.59 Å². The average molecular weight is 318 g/mol. The van der Waals surface area contributed by atoms with Gasteiger partial charge in [-0.3, -0.25) is 0 Å². The van der Waals surface area contributed by atoms with E-state index in [2.05, 4.69) is 23.1 Å². The summed E-state index contributed by atoms with van der Waals surface area (Å²) in [5.74, 6) is -3.59. The molecule has 1 fully saturated rings. The van der Waals surface area contributed by atoms with Crippen LogP contribution in [0.3, 0.4) is 0 Å². The first-order chi connectivity index (χ1) is 11.0. The minimum absolute atomic E-state index is 0.0538. The summed E-state index contributed by atoms with van der Waals surface area (Å²) >= 11 is 0. The highest BCUT2D eigenvalue weighted by Gasteiger charge is 2.14. The number of benzene rings is 1. The van der Waals surface area contributed by atoms with Crippen molar-refractivity contribution in [2.75, 3.05) is 19.6 Å². The van der Waals surface area contributed by atoms with Crippen molar-refractivity contribution in [3.8, 4) is 6.07 Å². The fraction of sp³-hybridized carbons (Fsp3) is 0.471. The van der Waals surface area contributed by atoms with Crippen molar-refractivity contribution in [2.45, 2.75) is 31.6 Å². The number of aliphatic carboxylic acids is 2. The van der Waals surface area contributed by atoms with E-state index in [1.165, 1.54) is 32.4 Å². The number of nitriles is 1. The zero-order valence-electron chi connectivity index (χ0n) is 13.0. The van der Waals surface area contributed by atoms with Gasteiger partial charge in [-0.2, -0.15) is 5.26 Å². The van der Waals surface area contributed by atoms with Crippen LogP contribution in [-0.4, -0.2) is 46.7 Å². The lowest BCUT2D eigenvalue weighted by molar-refractivity contribution is -0.159. The molecule has 0 amide bonds. The molecule has 1 atom stereocenters. The topological polar surface area (TPSA) is 102 Å². The summed E-state index contributed by atoms with van der Waals surface area (Å²) in [7, 11) is 0. The summed E-state index contributed by atoms with van der Waals surface area (Å²) in [5, 5.41) is 24.0. The molecule has 1 aliphatic heterocycles. The minimum atomic E-state index is -1.82. The maximum Gasteiger partial charge on any atom is 0.414 e. The molecule has 124 valence electrons. The molecule has 0 aliphatic carbocycles. The quantitative estimate of drug-likeness (QED) is 0.826. The number of carboxylic acid groups (broad SMARTS) is 2. The number of piperidine rings is 1. The Balaban J connectivity index is 0.000000379. The Hall–Kier alpha value is -2.39. The highest BCUT2D eigenvalue weighted by atomic mass is 16.4. The van der Waals surface area contributed by atoms with E-state index in [0.717, 1.165) is 18.5 Å². The van der Waals surface area contributed by atoms with E-state index in [1.54, 1.807) is 0 Å². The normalized spacial score (nSPS) is 15.6. The van der Waals surface area contributed by atoms with Gasteiger partial charge < -0.3 is 15.1 Å². The van der Waals surface area contributed by atoms with E-state index in [-0.39, 0.29) is 5.92 Å². The molecule has 0 aromatic heterocycles. The monoisotopic (exact) mass is 318 g/mol. The predicted octanol–water partition coefficient (Wildman–Crippen LogP) is 2.33. The molecule has 6 heteroatoms. The number of carboxylic acids is 2. The van der Waals surface area contributed by atoms with Gasteiger partial charge >= 0.3 is 11.9 Å². The van der Waals surface area contributed by atoms with Crippen LogP contribution < -0.4 is 0 Å². The van der Waals surface area contributed by atoms with Gasteiger partial charge in [0.1, 0.15) is 0 Å². The third-order valence-corrected chi connectivity index (χ3v) is 3.72. The van der Waals surface area contributed by atoms with Gasteiger partial charge in [-0.05, 0) is 44.5 Å². The third-order valence-electron chi connectivity index (χ3n) is 3.72. The Labute approximate surface area is 136 Å². The summed E-state index contributed by atoms with van der Waals surface area (Å²) in [4.78, 5) is 20.7. The molecule has 1 aliphatic rings. The fourth-order valence-electron chi connectivity index (χ4n) is 2.49. The lowest BCUT2D eigenvalue weighted by Gasteiger charge is -2.27. The number of likely N-dealkylation sites (tertiary alicyclic amines) is 1. The fourth-order valence-corrected chi connectivity index (χ4v) is 2.49. The molecular formula is C17H22N2O4. The van der Waals surface area contributed by atoms with Gasteiger partial charge in [-0.15, -0.1) is 0 Å². The Bertz CT molecular complexity index is 521. The Morgan fingerprint density at radius 3 is 2.13 bits per heavy atom. The van der Waals surface area contributed by atoms with Gasteiger partial charge in [0, 0.05) is 0 Å². The van der Waals surface area contributed by atoms with Crippen molar-refractivity contribution in [3.05, 3.63) is 35.9 Å². The van der Waals surface area contributed by atoms with E-state index in [4.69, 9.17) is 19.8 Å². The summed E-state index contributed by atoms with van der Waals surface area (Å²) in [6, 6.07) is 12.6. The maximum atomic E-state index is 9.24. The molecule has 0 spiro atoms. The zero-order chi connectivity index (χ0) is 17.1. The minimum Gasteiger partial charge on any atom is -0.473 e. The van der Waals surface area contributed by atoms with Crippen LogP contribution in [0, 0.1) is 11.3 Å². The van der Waals surface area contributed by atoms with E-state index in [1.807, 2.05) is 18.2 Å². The summed E-state index contributed by atoms with van der Waals surface area (Å²) in [6.45, 7) is 3.49. The molecule has 2 rings (SSSR count). The third kappa shape index (κ3) is 7.43. The summed E-state index contributed by atoms with van der Waals surface area (Å²) < 4.78 is 0. The van der Waals surface area contributed by atoms with E-state index < -0.39 is 11.9 Å². The Morgan fingerprint density at radius 1 is 1.09 bits per heavy atom. The van der Waals surface area contributed by atoms with Crippen LogP contribution in [-0.2, 0) is 9.59 Å². The molecule has 23 heavy (non-hydrogen) atoms. The van der Waals surface area contributed by atoms with Crippen LogP contribution in [0.1, 0.15) is 37.2 Å². The van der Waals surface area contributed by atoms with Gasteiger partial charge in [-0.1, -0.05) is 36.8 Å². The van der Waals surface area contributed by atoms with Gasteiger partial charge in [0.2, 0.25) is 0 Å². The van der Waals surface area contributed by atoms with E-state index in [9.17, 15) is 5.26 Å². The Kier molecular flexibility index (Phi) is 8.40. The molecule has 6 nitrogen and oxygen atoms in total. The molecule has 0 saturated carbocycles. The molecule has 1 unspecified atom stereocenters. The molecule has 1 saturated heterocycles. The largest absolute Gasteiger partial charge is 0.473 e. The first-order valence-corrected chi connectivity index (χ1v) is 7.67. The zero-order valence-corrected chi connectivity index (χ0v) is 13.0. The van der Waals surface area contributed by atoms with Crippen molar-refractivity contribution >= 4 is 11.9 Å².